The van der Waals surface area contributed by atoms with E-state index in [0.29, 0.717) is 0 Å². The average molecular weight is 388 g/mol. The number of carbonyl (C=O) groups excluding carboxylic acids is 2. The minimum absolute atomic E-state index is 0.117. The normalized spacial score (nSPS) is 18.4. The van der Waals surface area contributed by atoms with Gasteiger partial charge in [-0.05, 0) is 18.2 Å². The molecule has 0 aliphatic carbocycles. The van der Waals surface area contributed by atoms with Gasteiger partial charge in [0, 0.05) is 16.4 Å². The molecule has 1 aliphatic rings. The highest BCUT2D eigenvalue weighted by molar-refractivity contribution is 8.13. The average Bonchev–Trinajstić information content (AvgIpc) is 2.84. The number of anilines is 1. The number of cyclic esters (lactones) is 1. The molecule has 1 aromatic carbocycles. The first-order valence-corrected chi connectivity index (χ1v) is 8.56. The van der Waals surface area contributed by atoms with Crippen molar-refractivity contribution >= 4 is 37.5 Å². The van der Waals surface area contributed by atoms with Crippen LogP contribution in [0.5, 0.6) is 0 Å². The predicted molar refractivity (Wildman–Crippen MR) is 74.1 cm³/mol. The SMILES string of the molecule is O=C1OC(COC(=O)C(F)(F)F)CN1c1cccc(S(=O)(=O)Cl)c1. The largest absolute Gasteiger partial charge is 0.490 e. The number of ether oxygens (including phenoxy) is 2. The maximum absolute atomic E-state index is 12.0. The Kier molecular flexibility index (Phi) is 4.95. The van der Waals surface area contributed by atoms with Crippen molar-refractivity contribution in [3.63, 3.8) is 0 Å². The van der Waals surface area contributed by atoms with Crippen LogP contribution in [0.25, 0.3) is 0 Å². The van der Waals surface area contributed by atoms with E-state index in [-0.39, 0.29) is 17.1 Å². The summed E-state index contributed by atoms with van der Waals surface area (Å²) in [7, 11) is 1.18. The van der Waals surface area contributed by atoms with Crippen LogP contribution in [0.2, 0.25) is 0 Å². The number of carbonyl (C=O) groups is 2. The molecule has 0 saturated carbocycles. The first-order chi connectivity index (χ1) is 11.0. The Morgan fingerprint density at radius 3 is 2.67 bits per heavy atom. The zero-order valence-electron chi connectivity index (χ0n) is 11.6. The summed E-state index contributed by atoms with van der Waals surface area (Å²) >= 11 is 0. The second-order valence-corrected chi connectivity index (χ2v) is 7.21. The fraction of sp³-hybridized carbons (Fsp3) is 0.333. The van der Waals surface area contributed by atoms with Gasteiger partial charge in [-0.2, -0.15) is 13.2 Å². The van der Waals surface area contributed by atoms with Crippen molar-refractivity contribution in [2.45, 2.75) is 17.2 Å². The van der Waals surface area contributed by atoms with Crippen LogP contribution in [0.4, 0.5) is 23.7 Å². The number of alkyl halides is 3. The highest BCUT2D eigenvalue weighted by Gasteiger charge is 2.42. The van der Waals surface area contributed by atoms with Crippen LogP contribution in [-0.4, -0.2) is 45.9 Å². The number of amides is 1. The van der Waals surface area contributed by atoms with Gasteiger partial charge in [0.25, 0.3) is 9.05 Å². The number of esters is 1. The Morgan fingerprint density at radius 1 is 1.42 bits per heavy atom. The van der Waals surface area contributed by atoms with E-state index in [4.69, 9.17) is 15.4 Å². The number of rotatable bonds is 4. The van der Waals surface area contributed by atoms with Gasteiger partial charge in [0.15, 0.2) is 6.10 Å². The molecule has 1 atom stereocenters. The molecule has 1 saturated heterocycles. The predicted octanol–water partition coefficient (Wildman–Crippen LogP) is 2.04. The quantitative estimate of drug-likeness (QED) is 0.580. The fourth-order valence-electron chi connectivity index (χ4n) is 1.87. The number of nitrogens with zero attached hydrogens (tertiary/aromatic N) is 1. The van der Waals surface area contributed by atoms with Gasteiger partial charge in [-0.25, -0.2) is 18.0 Å². The first kappa shape index (κ1) is 18.3. The maximum atomic E-state index is 12.0. The van der Waals surface area contributed by atoms with Gasteiger partial charge in [0.2, 0.25) is 0 Å². The number of hydrogen-bond acceptors (Lipinski definition) is 6. The van der Waals surface area contributed by atoms with Crippen molar-refractivity contribution < 1.29 is 40.7 Å². The van der Waals surface area contributed by atoms with Gasteiger partial charge in [0.1, 0.15) is 6.61 Å². The second kappa shape index (κ2) is 6.48. The summed E-state index contributed by atoms with van der Waals surface area (Å²) in [4.78, 5) is 23.1. The van der Waals surface area contributed by atoms with Crippen LogP contribution in [0, 0.1) is 0 Å². The molecule has 0 N–H and O–H groups in total. The zero-order valence-corrected chi connectivity index (χ0v) is 13.2. The van der Waals surface area contributed by atoms with Gasteiger partial charge < -0.3 is 9.47 Å². The summed E-state index contributed by atoms with van der Waals surface area (Å²) in [6.07, 6.45) is -7.20. The van der Waals surface area contributed by atoms with Crippen molar-refractivity contribution in [1.82, 2.24) is 0 Å². The van der Waals surface area contributed by atoms with E-state index in [1.54, 1.807) is 0 Å². The molecule has 0 bridgehead atoms. The lowest BCUT2D eigenvalue weighted by molar-refractivity contribution is -0.201. The van der Waals surface area contributed by atoms with Crippen molar-refractivity contribution in [3.8, 4) is 0 Å². The van der Waals surface area contributed by atoms with E-state index in [0.717, 1.165) is 11.0 Å². The molecule has 12 heteroatoms. The summed E-state index contributed by atoms with van der Waals surface area (Å²) in [5.74, 6) is -2.40. The molecule has 7 nitrogen and oxygen atoms in total. The van der Waals surface area contributed by atoms with Crippen LogP contribution < -0.4 is 4.90 Å². The van der Waals surface area contributed by atoms with Crippen molar-refractivity contribution in [2.75, 3.05) is 18.1 Å². The molecule has 24 heavy (non-hydrogen) atoms. The van der Waals surface area contributed by atoms with Crippen LogP contribution in [0.1, 0.15) is 0 Å². The van der Waals surface area contributed by atoms with E-state index >= 15 is 0 Å². The van der Waals surface area contributed by atoms with E-state index in [2.05, 4.69) is 4.74 Å². The minimum atomic E-state index is -5.15. The third kappa shape index (κ3) is 4.29. The summed E-state index contributed by atoms with van der Waals surface area (Å²) in [5, 5.41) is 0. The summed E-state index contributed by atoms with van der Waals surface area (Å²) in [5.41, 5.74) is 0.117. The molecule has 1 fully saturated rings. The molecule has 1 aliphatic heterocycles. The van der Waals surface area contributed by atoms with Gasteiger partial charge in [-0.1, -0.05) is 6.07 Å². The highest BCUT2D eigenvalue weighted by atomic mass is 35.7. The molecular weight excluding hydrogens is 379 g/mol. The van der Waals surface area contributed by atoms with Gasteiger partial charge in [-0.3, -0.25) is 4.90 Å². The van der Waals surface area contributed by atoms with Gasteiger partial charge >= 0.3 is 18.2 Å². The Bertz CT molecular complexity index is 766. The summed E-state index contributed by atoms with van der Waals surface area (Å²) in [6.45, 7) is -1.01. The van der Waals surface area contributed by atoms with E-state index in [1.807, 2.05) is 0 Å². The number of benzene rings is 1. The Labute approximate surface area is 138 Å². The molecule has 1 amide bonds. The van der Waals surface area contributed by atoms with E-state index < -0.39 is 40.0 Å². The molecule has 1 aromatic rings. The lowest BCUT2D eigenvalue weighted by Gasteiger charge is -2.13. The molecule has 0 aromatic heterocycles. The minimum Gasteiger partial charge on any atom is -0.455 e. The standard InChI is InChI=1S/C12H9ClF3NO6S/c13-24(20,21)9-3-1-2-7(4-9)17-5-8(23-11(17)19)6-22-10(18)12(14,15)16/h1-4,8H,5-6H2. The summed E-state index contributed by atoms with van der Waals surface area (Å²) in [6, 6.07) is 5.02. The van der Waals surface area contributed by atoms with E-state index in [9.17, 15) is 31.2 Å². The number of hydrogen-bond donors (Lipinski definition) is 0. The molecular formula is C12H9ClF3NO6S. The van der Waals surface area contributed by atoms with Gasteiger partial charge in [0.05, 0.1) is 11.4 Å². The lowest BCUT2D eigenvalue weighted by Crippen LogP contribution is -2.31. The maximum Gasteiger partial charge on any atom is 0.490 e. The van der Waals surface area contributed by atoms with Crippen LogP contribution in [-0.2, 0) is 23.3 Å². The molecule has 2 rings (SSSR count). The summed E-state index contributed by atoms with van der Waals surface area (Å²) < 4.78 is 67.5. The zero-order chi connectivity index (χ0) is 18.1. The van der Waals surface area contributed by atoms with Crippen LogP contribution >= 0.6 is 10.7 Å². The van der Waals surface area contributed by atoms with Crippen LogP contribution in [0.15, 0.2) is 29.2 Å². The smallest absolute Gasteiger partial charge is 0.455 e. The molecule has 1 heterocycles. The van der Waals surface area contributed by atoms with Crippen LogP contribution in [0.3, 0.4) is 0 Å². The second-order valence-electron chi connectivity index (χ2n) is 4.65. The Balaban J connectivity index is 2.07. The molecule has 0 radical (unpaired) electrons. The molecule has 1 unspecified atom stereocenters. The van der Waals surface area contributed by atoms with E-state index in [1.165, 1.54) is 18.2 Å². The monoisotopic (exact) mass is 387 g/mol. The molecule has 132 valence electrons. The third-order valence-corrected chi connectivity index (χ3v) is 4.27. The van der Waals surface area contributed by atoms with Crippen molar-refractivity contribution in [1.29, 1.82) is 0 Å². The lowest BCUT2D eigenvalue weighted by atomic mass is 10.3. The van der Waals surface area contributed by atoms with Gasteiger partial charge in [-0.15, -0.1) is 0 Å². The molecule has 0 spiro atoms. The van der Waals surface area contributed by atoms with Crippen molar-refractivity contribution in [3.05, 3.63) is 24.3 Å². The first-order valence-electron chi connectivity index (χ1n) is 6.25. The van der Waals surface area contributed by atoms with Crippen molar-refractivity contribution in [2.24, 2.45) is 0 Å². The Morgan fingerprint density at radius 2 is 2.08 bits per heavy atom. The highest BCUT2D eigenvalue weighted by Crippen LogP contribution is 2.26. The fourth-order valence-corrected chi connectivity index (χ4v) is 2.66. The Hall–Kier alpha value is -2.01. The third-order valence-electron chi connectivity index (χ3n) is 2.92. The topological polar surface area (TPSA) is 90.0 Å². The number of halogens is 4.